The van der Waals surface area contributed by atoms with Gasteiger partial charge in [0, 0.05) is 12.1 Å². The molecule has 0 radical (unpaired) electrons. The van der Waals surface area contributed by atoms with E-state index in [9.17, 15) is 23.6 Å². The third-order valence-corrected chi connectivity index (χ3v) is 4.74. The highest BCUT2D eigenvalue weighted by molar-refractivity contribution is 7.92. The average Bonchev–Trinajstić information content (AvgIpc) is 2.43. The van der Waals surface area contributed by atoms with Crippen molar-refractivity contribution in [2.75, 3.05) is 4.72 Å². The van der Waals surface area contributed by atoms with Crippen LogP contribution in [-0.4, -0.2) is 18.4 Å². The molecule has 0 saturated carbocycles. The lowest BCUT2D eigenvalue weighted by Crippen LogP contribution is -2.13. The summed E-state index contributed by atoms with van der Waals surface area (Å²) in [5.74, 6) is -0.450. The van der Waals surface area contributed by atoms with Gasteiger partial charge < -0.3 is 5.11 Å². The van der Waals surface area contributed by atoms with E-state index in [4.69, 9.17) is 23.2 Å². The largest absolute Gasteiger partial charge is 0.506 e. The van der Waals surface area contributed by atoms with E-state index in [1.54, 1.807) is 0 Å². The Balaban J connectivity index is 2.42. The summed E-state index contributed by atoms with van der Waals surface area (Å²) in [6.45, 7) is 0. The quantitative estimate of drug-likeness (QED) is 0.491. The molecule has 0 saturated heterocycles. The van der Waals surface area contributed by atoms with Gasteiger partial charge in [0.1, 0.15) is 5.75 Å². The van der Waals surface area contributed by atoms with Crippen LogP contribution in [0.2, 0.25) is 10.0 Å². The summed E-state index contributed by atoms with van der Waals surface area (Å²) in [6, 6.07) is 6.61. The lowest BCUT2D eigenvalue weighted by Gasteiger charge is -2.10. The molecule has 0 spiro atoms. The number of non-ortho nitro benzene ring substituents is 1. The zero-order valence-corrected chi connectivity index (χ0v) is 13.0. The Morgan fingerprint density at radius 1 is 1.09 bits per heavy atom. The first-order chi connectivity index (χ1) is 10.2. The topological polar surface area (TPSA) is 110 Å². The number of phenols is 1. The molecule has 0 aliphatic rings. The van der Waals surface area contributed by atoms with Crippen LogP contribution in [0, 0.1) is 10.1 Å². The minimum Gasteiger partial charge on any atom is -0.506 e. The van der Waals surface area contributed by atoms with Crippen molar-refractivity contribution in [2.24, 2.45) is 0 Å². The summed E-state index contributed by atoms with van der Waals surface area (Å²) in [4.78, 5) is 9.78. The summed E-state index contributed by atoms with van der Waals surface area (Å²) in [6.07, 6.45) is 0. The number of hydrogen-bond acceptors (Lipinski definition) is 5. The third kappa shape index (κ3) is 3.41. The van der Waals surface area contributed by atoms with Crippen LogP contribution >= 0.6 is 23.2 Å². The molecule has 0 fully saturated rings. The Kier molecular flexibility index (Phi) is 4.45. The highest BCUT2D eigenvalue weighted by Crippen LogP contribution is 2.31. The minimum atomic E-state index is -4.09. The van der Waals surface area contributed by atoms with Crippen LogP contribution in [0.4, 0.5) is 11.4 Å². The number of nitro groups is 1. The van der Waals surface area contributed by atoms with Crippen LogP contribution in [0.1, 0.15) is 0 Å². The van der Waals surface area contributed by atoms with E-state index < -0.39 is 20.7 Å². The molecule has 7 nitrogen and oxygen atoms in total. The minimum absolute atomic E-state index is 0.0350. The van der Waals surface area contributed by atoms with Crippen LogP contribution in [-0.2, 0) is 10.0 Å². The standard InChI is InChI=1S/C12H8Cl2N2O5S/c13-9-3-2-8(6-10(9)14)22(20,21)15-11-5-7(16(18)19)1-4-12(11)17/h1-6,15,17H. The third-order valence-electron chi connectivity index (χ3n) is 2.64. The number of nitrogens with one attached hydrogen (secondary N) is 1. The summed E-state index contributed by atoms with van der Waals surface area (Å²) in [7, 11) is -4.09. The average molecular weight is 363 g/mol. The zero-order chi connectivity index (χ0) is 16.5. The fraction of sp³-hybridized carbons (Fsp3) is 0. The van der Waals surface area contributed by atoms with Gasteiger partial charge in [-0.3, -0.25) is 14.8 Å². The van der Waals surface area contributed by atoms with E-state index in [0.29, 0.717) is 0 Å². The molecule has 0 aromatic heterocycles. The van der Waals surface area contributed by atoms with Gasteiger partial charge in [0.15, 0.2) is 0 Å². The number of anilines is 1. The van der Waals surface area contributed by atoms with Crippen LogP contribution in [0.3, 0.4) is 0 Å². The lowest BCUT2D eigenvalue weighted by molar-refractivity contribution is -0.384. The molecule has 2 N–H and O–H groups in total. The molecule has 2 aromatic rings. The van der Waals surface area contributed by atoms with Crippen molar-refractivity contribution in [1.29, 1.82) is 0 Å². The number of sulfonamides is 1. The second-order valence-electron chi connectivity index (χ2n) is 4.14. The Hall–Kier alpha value is -2.03. The SMILES string of the molecule is O=[N+]([O-])c1ccc(O)c(NS(=O)(=O)c2ccc(Cl)c(Cl)c2)c1. The Morgan fingerprint density at radius 3 is 2.36 bits per heavy atom. The second-order valence-corrected chi connectivity index (χ2v) is 6.64. The smallest absolute Gasteiger partial charge is 0.271 e. The fourth-order valence-corrected chi connectivity index (χ4v) is 3.02. The highest BCUT2D eigenvalue weighted by Gasteiger charge is 2.19. The van der Waals surface area contributed by atoms with E-state index in [1.807, 2.05) is 0 Å². The number of nitrogens with zero attached hydrogens (tertiary/aromatic N) is 1. The molecule has 2 aromatic carbocycles. The van der Waals surface area contributed by atoms with Crippen molar-refractivity contribution >= 4 is 44.6 Å². The van der Waals surface area contributed by atoms with Crippen molar-refractivity contribution in [1.82, 2.24) is 0 Å². The van der Waals surface area contributed by atoms with Gasteiger partial charge in [-0.05, 0) is 24.3 Å². The monoisotopic (exact) mass is 362 g/mol. The number of halogens is 2. The predicted molar refractivity (Wildman–Crippen MR) is 82.0 cm³/mol. The van der Waals surface area contributed by atoms with Crippen LogP contribution < -0.4 is 4.72 Å². The summed E-state index contributed by atoms with van der Waals surface area (Å²) in [5.41, 5.74) is -0.690. The molecule has 0 aliphatic carbocycles. The summed E-state index contributed by atoms with van der Waals surface area (Å²) >= 11 is 11.5. The first-order valence-corrected chi connectivity index (χ1v) is 7.90. The molecule has 116 valence electrons. The Bertz CT molecular complexity index is 855. The predicted octanol–water partition coefficient (Wildman–Crippen LogP) is 3.41. The molecular weight excluding hydrogens is 355 g/mol. The van der Waals surface area contributed by atoms with E-state index in [1.165, 1.54) is 12.1 Å². The van der Waals surface area contributed by atoms with Crippen molar-refractivity contribution in [2.45, 2.75) is 4.90 Å². The molecule has 0 unspecified atom stereocenters. The molecule has 0 aliphatic heterocycles. The Morgan fingerprint density at radius 2 is 1.77 bits per heavy atom. The number of aromatic hydroxyl groups is 1. The summed E-state index contributed by atoms with van der Waals surface area (Å²) in [5, 5.41) is 20.5. The number of phenolic OH excluding ortho intramolecular Hbond substituents is 1. The van der Waals surface area contributed by atoms with Crippen molar-refractivity contribution < 1.29 is 18.4 Å². The van der Waals surface area contributed by atoms with E-state index in [0.717, 1.165) is 24.3 Å². The van der Waals surface area contributed by atoms with Gasteiger partial charge in [0.05, 0.1) is 25.6 Å². The fourth-order valence-electron chi connectivity index (χ4n) is 1.57. The second kappa shape index (κ2) is 5.99. The van der Waals surface area contributed by atoms with Gasteiger partial charge >= 0.3 is 0 Å². The number of benzene rings is 2. The molecule has 2 rings (SSSR count). The number of nitro benzene ring substituents is 1. The van der Waals surface area contributed by atoms with Crippen LogP contribution in [0.25, 0.3) is 0 Å². The Labute approximate surface area is 135 Å². The van der Waals surface area contributed by atoms with Gasteiger partial charge in [-0.1, -0.05) is 23.2 Å². The molecule has 22 heavy (non-hydrogen) atoms. The number of hydrogen-bond donors (Lipinski definition) is 2. The first-order valence-electron chi connectivity index (χ1n) is 5.66. The molecular formula is C12H8Cl2N2O5S. The molecule has 0 amide bonds. The van der Waals surface area contributed by atoms with E-state index >= 15 is 0 Å². The lowest BCUT2D eigenvalue weighted by atomic mass is 10.2. The van der Waals surface area contributed by atoms with Gasteiger partial charge in [-0.2, -0.15) is 0 Å². The normalized spacial score (nSPS) is 11.2. The van der Waals surface area contributed by atoms with Crippen LogP contribution in [0.5, 0.6) is 5.75 Å². The number of rotatable bonds is 4. The maximum absolute atomic E-state index is 12.2. The molecule has 0 atom stereocenters. The highest BCUT2D eigenvalue weighted by atomic mass is 35.5. The van der Waals surface area contributed by atoms with Gasteiger partial charge in [-0.15, -0.1) is 0 Å². The van der Waals surface area contributed by atoms with Crippen LogP contribution in [0.15, 0.2) is 41.3 Å². The maximum Gasteiger partial charge on any atom is 0.271 e. The maximum atomic E-state index is 12.2. The van der Waals surface area contributed by atoms with Gasteiger partial charge in [0.25, 0.3) is 15.7 Å². The first kappa shape index (κ1) is 16.3. The van der Waals surface area contributed by atoms with Crippen molar-refractivity contribution in [3.8, 4) is 5.75 Å². The summed E-state index contributed by atoms with van der Waals surface area (Å²) < 4.78 is 26.5. The van der Waals surface area contributed by atoms with E-state index in [2.05, 4.69) is 4.72 Å². The van der Waals surface area contributed by atoms with Crippen molar-refractivity contribution in [3.05, 3.63) is 56.6 Å². The zero-order valence-electron chi connectivity index (χ0n) is 10.7. The van der Waals surface area contributed by atoms with Gasteiger partial charge in [-0.25, -0.2) is 8.42 Å². The van der Waals surface area contributed by atoms with Gasteiger partial charge in [0.2, 0.25) is 0 Å². The molecule has 0 bridgehead atoms. The molecule has 10 heteroatoms. The van der Waals surface area contributed by atoms with E-state index in [-0.39, 0.29) is 26.3 Å². The van der Waals surface area contributed by atoms with Crippen molar-refractivity contribution in [3.63, 3.8) is 0 Å². The molecule has 0 heterocycles.